The van der Waals surface area contributed by atoms with Crippen LogP contribution in [0.5, 0.6) is 0 Å². The van der Waals surface area contributed by atoms with Crippen molar-refractivity contribution in [3.8, 4) is 67.3 Å². The third-order valence-corrected chi connectivity index (χ3v) is 15.3. The number of hydrogen-bond acceptors (Lipinski definition) is 3. The Kier molecular flexibility index (Phi) is 8.38. The minimum atomic E-state index is -0.522. The molecule has 0 unspecified atom stereocenters. The highest BCUT2D eigenvalue weighted by Crippen LogP contribution is 2.57. The lowest BCUT2D eigenvalue weighted by atomic mass is 9.67. The second kappa shape index (κ2) is 14.4. The van der Waals surface area contributed by atoms with Crippen LogP contribution in [0.1, 0.15) is 47.2 Å². The van der Waals surface area contributed by atoms with Crippen molar-refractivity contribution >= 4 is 31.5 Å². The van der Waals surface area contributed by atoms with E-state index in [-0.39, 0.29) is 5.41 Å². The van der Waals surface area contributed by atoms with Gasteiger partial charge in [-0.2, -0.15) is 0 Å². The first kappa shape index (κ1) is 37.8. The van der Waals surface area contributed by atoms with Crippen molar-refractivity contribution < 1.29 is 0 Å². The van der Waals surface area contributed by atoms with Crippen molar-refractivity contribution in [3.05, 3.63) is 252 Å². The zero-order valence-electron chi connectivity index (χ0n) is 36.1. The first-order chi connectivity index (χ1) is 32.0. The standard InChI is InChI=1S/C62H42N2S/c1-61(2)51-27-12-9-22-46(51)48-25-15-26-50(59(48)61)60-63-54(40-33-31-39(32-34-40)44-24-16-30-57-58(44)49-23-11-14-29-56(49)65-57)38-55(64-60)41-35-36-47-45-21-10-13-28-52(45)62(53(47)37-41,42-17-5-3-6-18-42)43-19-7-4-8-20-43/h3-38H,1-2H3. The smallest absolute Gasteiger partial charge is 0.160 e. The summed E-state index contributed by atoms with van der Waals surface area (Å²) in [6.07, 6.45) is 0. The lowest BCUT2D eigenvalue weighted by molar-refractivity contribution is 0.661. The maximum Gasteiger partial charge on any atom is 0.160 e. The summed E-state index contributed by atoms with van der Waals surface area (Å²) in [5.74, 6) is 0.731. The molecule has 0 fully saturated rings. The predicted molar refractivity (Wildman–Crippen MR) is 272 cm³/mol. The lowest BCUT2D eigenvalue weighted by Gasteiger charge is -2.34. The van der Waals surface area contributed by atoms with Gasteiger partial charge in [-0.1, -0.05) is 208 Å². The minimum Gasteiger partial charge on any atom is -0.228 e. The monoisotopic (exact) mass is 846 g/mol. The number of benzene rings is 9. The third-order valence-electron chi connectivity index (χ3n) is 14.2. The van der Waals surface area contributed by atoms with E-state index in [1.54, 1.807) is 0 Å². The molecular formula is C62H42N2S. The van der Waals surface area contributed by atoms with Gasteiger partial charge in [0.2, 0.25) is 0 Å². The highest BCUT2D eigenvalue weighted by atomic mass is 32.1. The molecular weight excluding hydrogens is 805 g/mol. The highest BCUT2D eigenvalue weighted by Gasteiger charge is 2.46. The average Bonchev–Trinajstić information content (AvgIpc) is 3.98. The Morgan fingerprint density at radius 1 is 0.369 bits per heavy atom. The molecule has 2 nitrogen and oxygen atoms in total. The summed E-state index contributed by atoms with van der Waals surface area (Å²) in [4.78, 5) is 11.1. The van der Waals surface area contributed by atoms with E-state index < -0.39 is 5.41 Å². The number of aromatic nitrogens is 2. The lowest BCUT2D eigenvalue weighted by Crippen LogP contribution is -2.28. The van der Waals surface area contributed by atoms with Gasteiger partial charge in [0.25, 0.3) is 0 Å². The Morgan fingerprint density at radius 3 is 1.65 bits per heavy atom. The number of rotatable bonds is 6. The van der Waals surface area contributed by atoms with E-state index in [0.29, 0.717) is 0 Å². The van der Waals surface area contributed by atoms with E-state index in [2.05, 4.69) is 232 Å². The second-order valence-electron chi connectivity index (χ2n) is 18.0. The number of thiophene rings is 1. The molecule has 3 heteroatoms. The summed E-state index contributed by atoms with van der Waals surface area (Å²) in [6.45, 7) is 4.68. The van der Waals surface area contributed by atoms with Crippen molar-refractivity contribution in [2.45, 2.75) is 24.7 Å². The molecule has 0 radical (unpaired) electrons. The molecule has 0 amide bonds. The minimum absolute atomic E-state index is 0.235. The Hall–Kier alpha value is -7.72. The van der Waals surface area contributed by atoms with E-state index in [0.717, 1.165) is 33.9 Å². The summed E-state index contributed by atoms with van der Waals surface area (Å²) in [5.41, 5.74) is 19.3. The molecule has 65 heavy (non-hydrogen) atoms. The number of nitrogens with zero attached hydrogens (tertiary/aromatic N) is 2. The molecule has 0 saturated carbocycles. The van der Waals surface area contributed by atoms with Gasteiger partial charge in [-0.15, -0.1) is 11.3 Å². The molecule has 11 aromatic rings. The first-order valence-corrected chi connectivity index (χ1v) is 23.3. The quantitative estimate of drug-likeness (QED) is 0.167. The van der Waals surface area contributed by atoms with Crippen LogP contribution in [0.4, 0.5) is 0 Å². The first-order valence-electron chi connectivity index (χ1n) is 22.5. The van der Waals surface area contributed by atoms with Crippen LogP contribution in [-0.2, 0) is 10.8 Å². The van der Waals surface area contributed by atoms with Crippen molar-refractivity contribution in [1.82, 2.24) is 9.97 Å². The van der Waals surface area contributed by atoms with Crippen LogP contribution < -0.4 is 0 Å². The van der Waals surface area contributed by atoms with Crippen LogP contribution in [0.3, 0.4) is 0 Å². The summed E-state index contributed by atoms with van der Waals surface area (Å²) < 4.78 is 2.62. The Morgan fingerprint density at radius 2 is 0.892 bits per heavy atom. The molecule has 2 aromatic heterocycles. The van der Waals surface area contributed by atoms with Crippen molar-refractivity contribution in [2.24, 2.45) is 0 Å². The predicted octanol–water partition coefficient (Wildman–Crippen LogP) is 16.2. The molecule has 0 N–H and O–H groups in total. The van der Waals surface area contributed by atoms with E-state index in [4.69, 9.17) is 9.97 Å². The van der Waals surface area contributed by atoms with Crippen LogP contribution in [0.25, 0.3) is 87.5 Å². The van der Waals surface area contributed by atoms with Gasteiger partial charge in [0.15, 0.2) is 5.82 Å². The Balaban J connectivity index is 1.02. The fraction of sp³-hybridized carbons (Fsp3) is 0.0645. The van der Waals surface area contributed by atoms with Crippen molar-refractivity contribution in [1.29, 1.82) is 0 Å². The van der Waals surface area contributed by atoms with Crippen molar-refractivity contribution in [2.75, 3.05) is 0 Å². The van der Waals surface area contributed by atoms with Crippen LogP contribution in [0, 0.1) is 0 Å². The molecule has 2 heterocycles. The van der Waals surface area contributed by atoms with E-state index in [1.165, 1.54) is 86.9 Å². The molecule has 2 aliphatic carbocycles. The average molecular weight is 847 g/mol. The van der Waals surface area contributed by atoms with Gasteiger partial charge in [0.1, 0.15) is 0 Å². The van der Waals surface area contributed by atoms with E-state index >= 15 is 0 Å². The molecule has 9 aromatic carbocycles. The van der Waals surface area contributed by atoms with Crippen LogP contribution in [-0.4, -0.2) is 9.97 Å². The maximum atomic E-state index is 5.59. The van der Waals surface area contributed by atoms with Gasteiger partial charge in [-0.3, -0.25) is 0 Å². The largest absolute Gasteiger partial charge is 0.228 e. The molecule has 0 atom stereocenters. The van der Waals surface area contributed by atoms with Crippen LogP contribution in [0.15, 0.2) is 218 Å². The summed E-state index contributed by atoms with van der Waals surface area (Å²) >= 11 is 1.86. The third kappa shape index (κ3) is 5.59. The molecule has 0 spiro atoms. The molecule has 306 valence electrons. The zero-order valence-corrected chi connectivity index (χ0v) is 36.9. The SMILES string of the molecule is CC1(C)c2ccccc2-c2cccc(-c3nc(-c4ccc(-c5cccc6sc7ccccc7c56)cc4)cc(-c4ccc5c(c4)C(c4ccccc4)(c4ccccc4)c4ccccc4-5)n3)c21. The van der Waals surface area contributed by atoms with Gasteiger partial charge in [-0.25, -0.2) is 9.97 Å². The summed E-state index contributed by atoms with van der Waals surface area (Å²) in [5, 5.41) is 2.62. The van der Waals surface area contributed by atoms with Crippen LogP contribution in [0.2, 0.25) is 0 Å². The zero-order chi connectivity index (χ0) is 43.3. The van der Waals surface area contributed by atoms with E-state index in [1.807, 2.05) is 11.3 Å². The molecule has 0 saturated heterocycles. The molecule has 0 aliphatic heterocycles. The second-order valence-corrected chi connectivity index (χ2v) is 19.1. The number of fused-ring (bicyclic) bond motifs is 9. The van der Waals surface area contributed by atoms with Gasteiger partial charge < -0.3 is 0 Å². The summed E-state index contributed by atoms with van der Waals surface area (Å²) in [6, 6.07) is 80.1. The fourth-order valence-electron chi connectivity index (χ4n) is 11.3. The fourth-order valence-corrected chi connectivity index (χ4v) is 12.5. The highest BCUT2D eigenvalue weighted by molar-refractivity contribution is 7.25. The van der Waals surface area contributed by atoms with E-state index in [9.17, 15) is 0 Å². The Labute approximate surface area is 383 Å². The van der Waals surface area contributed by atoms with Gasteiger partial charge in [-0.05, 0) is 91.0 Å². The van der Waals surface area contributed by atoms with Gasteiger partial charge >= 0.3 is 0 Å². The molecule has 0 bridgehead atoms. The van der Waals surface area contributed by atoms with Gasteiger partial charge in [0.05, 0.1) is 16.8 Å². The normalized spacial score (nSPS) is 13.9. The number of hydrogen-bond donors (Lipinski definition) is 0. The maximum absolute atomic E-state index is 5.59. The van der Waals surface area contributed by atoms with Crippen molar-refractivity contribution in [3.63, 3.8) is 0 Å². The topological polar surface area (TPSA) is 25.8 Å². The molecule has 13 rings (SSSR count). The summed E-state index contributed by atoms with van der Waals surface area (Å²) in [7, 11) is 0. The molecule has 2 aliphatic rings. The van der Waals surface area contributed by atoms with Crippen LogP contribution >= 0.6 is 11.3 Å². The van der Waals surface area contributed by atoms with Gasteiger partial charge in [0, 0.05) is 42.3 Å². The Bertz CT molecular complexity index is 3640.